The Labute approximate surface area is 135 Å². The molecule has 2 aromatic rings. The van der Waals surface area contributed by atoms with Crippen LogP contribution in [0.15, 0.2) is 34.2 Å². The zero-order chi connectivity index (χ0) is 14.8. The van der Waals surface area contributed by atoms with Crippen molar-refractivity contribution in [1.82, 2.24) is 14.8 Å². The van der Waals surface area contributed by atoms with Crippen molar-refractivity contribution in [3.05, 3.63) is 34.6 Å². The van der Waals surface area contributed by atoms with Gasteiger partial charge in [-0.1, -0.05) is 27.7 Å². The minimum absolute atomic E-state index is 0.0317. The number of nitrogens with one attached hydrogen (secondary N) is 1. The highest BCUT2D eigenvalue weighted by Gasteiger charge is 2.26. The molecule has 0 aliphatic heterocycles. The van der Waals surface area contributed by atoms with Gasteiger partial charge in [0, 0.05) is 16.2 Å². The second-order valence-corrected chi connectivity index (χ2v) is 6.91. The molecule has 1 aliphatic rings. The molecule has 1 heterocycles. The summed E-state index contributed by atoms with van der Waals surface area (Å²) in [4.78, 5) is 12.0. The molecule has 0 radical (unpaired) electrons. The normalized spacial score (nSPS) is 14.2. The highest BCUT2D eigenvalue weighted by atomic mass is 79.9. The summed E-state index contributed by atoms with van der Waals surface area (Å²) >= 11 is 4.84. The molecule has 1 fully saturated rings. The van der Waals surface area contributed by atoms with E-state index in [1.54, 1.807) is 6.33 Å². The molecule has 0 saturated heterocycles. The number of amides is 1. The first-order valence-corrected chi connectivity index (χ1v) is 8.49. The van der Waals surface area contributed by atoms with Crippen LogP contribution >= 0.6 is 27.7 Å². The fourth-order valence-electron chi connectivity index (χ4n) is 2.02. The van der Waals surface area contributed by atoms with E-state index in [-0.39, 0.29) is 5.91 Å². The highest BCUT2D eigenvalue weighted by molar-refractivity contribution is 9.10. The van der Waals surface area contributed by atoms with Crippen LogP contribution in [0.2, 0.25) is 0 Å². The SMILES string of the molecule is Cc1cc(Br)ccc1NC(=O)CSc1nncn1C1CC1. The Morgan fingerprint density at radius 3 is 3.05 bits per heavy atom. The minimum atomic E-state index is -0.0317. The maximum atomic E-state index is 12.0. The Bertz CT molecular complexity index is 669. The number of rotatable bonds is 5. The van der Waals surface area contributed by atoms with Gasteiger partial charge in [0.05, 0.1) is 5.75 Å². The van der Waals surface area contributed by atoms with Crippen molar-refractivity contribution in [2.45, 2.75) is 31.0 Å². The molecule has 5 nitrogen and oxygen atoms in total. The van der Waals surface area contributed by atoms with Gasteiger partial charge >= 0.3 is 0 Å². The molecule has 1 aromatic heterocycles. The van der Waals surface area contributed by atoms with Crippen molar-refractivity contribution < 1.29 is 4.79 Å². The Morgan fingerprint density at radius 1 is 1.52 bits per heavy atom. The highest BCUT2D eigenvalue weighted by Crippen LogP contribution is 2.37. The summed E-state index contributed by atoms with van der Waals surface area (Å²) < 4.78 is 3.06. The molecule has 0 unspecified atom stereocenters. The molecule has 1 saturated carbocycles. The number of nitrogens with zero attached hydrogens (tertiary/aromatic N) is 3. The van der Waals surface area contributed by atoms with E-state index in [0.29, 0.717) is 11.8 Å². The fraction of sp³-hybridized carbons (Fsp3) is 0.357. The lowest BCUT2D eigenvalue weighted by molar-refractivity contribution is -0.113. The minimum Gasteiger partial charge on any atom is -0.325 e. The van der Waals surface area contributed by atoms with Gasteiger partial charge in [-0.05, 0) is 43.5 Å². The second kappa shape index (κ2) is 6.19. The Kier molecular flexibility index (Phi) is 4.30. The van der Waals surface area contributed by atoms with Crippen molar-refractivity contribution >= 4 is 39.3 Å². The van der Waals surface area contributed by atoms with Gasteiger partial charge in [-0.15, -0.1) is 10.2 Å². The van der Waals surface area contributed by atoms with Crippen LogP contribution in [0.25, 0.3) is 0 Å². The van der Waals surface area contributed by atoms with Crippen molar-refractivity contribution in [3.8, 4) is 0 Å². The number of anilines is 1. The van der Waals surface area contributed by atoms with E-state index in [9.17, 15) is 4.79 Å². The Morgan fingerprint density at radius 2 is 2.33 bits per heavy atom. The van der Waals surface area contributed by atoms with E-state index in [1.807, 2.05) is 25.1 Å². The number of hydrogen-bond acceptors (Lipinski definition) is 4. The number of carbonyl (C=O) groups is 1. The summed E-state index contributed by atoms with van der Waals surface area (Å²) in [6, 6.07) is 6.32. The van der Waals surface area contributed by atoms with Gasteiger partial charge in [0.15, 0.2) is 5.16 Å². The zero-order valence-electron chi connectivity index (χ0n) is 11.5. The third-order valence-corrected chi connectivity index (χ3v) is 4.73. The maximum Gasteiger partial charge on any atom is 0.234 e. The molecular weight excluding hydrogens is 352 g/mol. The lowest BCUT2D eigenvalue weighted by Crippen LogP contribution is -2.15. The van der Waals surface area contributed by atoms with Crippen LogP contribution in [0, 0.1) is 6.92 Å². The summed E-state index contributed by atoms with van der Waals surface area (Å²) in [5.74, 6) is 0.303. The predicted molar refractivity (Wildman–Crippen MR) is 86.5 cm³/mol. The standard InChI is InChI=1S/C14H15BrN4OS/c1-9-6-10(15)2-5-12(9)17-13(20)7-21-14-18-16-8-19(14)11-3-4-11/h2,5-6,8,11H,3-4,7H2,1H3,(H,17,20). The first-order chi connectivity index (χ1) is 10.1. The van der Waals surface area contributed by atoms with E-state index in [0.717, 1.165) is 20.9 Å². The molecule has 3 rings (SSSR count). The zero-order valence-corrected chi connectivity index (χ0v) is 13.9. The lowest BCUT2D eigenvalue weighted by atomic mass is 10.2. The molecule has 7 heteroatoms. The molecular formula is C14H15BrN4OS. The molecule has 0 spiro atoms. The number of benzene rings is 1. The monoisotopic (exact) mass is 366 g/mol. The number of hydrogen-bond donors (Lipinski definition) is 1. The largest absolute Gasteiger partial charge is 0.325 e. The van der Waals surface area contributed by atoms with Crippen molar-refractivity contribution in [2.75, 3.05) is 11.1 Å². The number of halogens is 1. The first kappa shape index (κ1) is 14.6. The lowest BCUT2D eigenvalue weighted by Gasteiger charge is -2.08. The second-order valence-electron chi connectivity index (χ2n) is 5.05. The fourth-order valence-corrected chi connectivity index (χ4v) is 3.28. The number of thioether (sulfide) groups is 1. The smallest absolute Gasteiger partial charge is 0.234 e. The topological polar surface area (TPSA) is 59.8 Å². The molecule has 110 valence electrons. The van der Waals surface area contributed by atoms with Gasteiger partial charge in [0.1, 0.15) is 6.33 Å². The summed E-state index contributed by atoms with van der Waals surface area (Å²) in [5, 5.41) is 11.7. The summed E-state index contributed by atoms with van der Waals surface area (Å²) in [6.07, 6.45) is 4.10. The van der Waals surface area contributed by atoms with Gasteiger partial charge in [0.2, 0.25) is 5.91 Å². The maximum absolute atomic E-state index is 12.0. The van der Waals surface area contributed by atoms with Gasteiger partial charge in [0.25, 0.3) is 0 Å². The average molecular weight is 367 g/mol. The average Bonchev–Trinajstić information content (AvgIpc) is 3.18. The Hall–Kier alpha value is -1.34. The van der Waals surface area contributed by atoms with Gasteiger partial charge in [-0.25, -0.2) is 0 Å². The van der Waals surface area contributed by atoms with E-state index in [2.05, 4.69) is 36.0 Å². The molecule has 1 amide bonds. The summed E-state index contributed by atoms with van der Waals surface area (Å²) in [5.41, 5.74) is 1.87. The van der Waals surface area contributed by atoms with E-state index in [4.69, 9.17) is 0 Å². The number of carbonyl (C=O) groups excluding carboxylic acids is 1. The quantitative estimate of drug-likeness (QED) is 0.823. The van der Waals surface area contributed by atoms with Crippen LogP contribution in [0.5, 0.6) is 0 Å². The number of aryl methyl sites for hydroxylation is 1. The Balaban J connectivity index is 1.57. The van der Waals surface area contributed by atoms with Crippen molar-refractivity contribution in [1.29, 1.82) is 0 Å². The third kappa shape index (κ3) is 3.65. The van der Waals surface area contributed by atoms with E-state index in [1.165, 1.54) is 24.6 Å². The molecule has 0 atom stereocenters. The molecule has 1 N–H and O–H groups in total. The van der Waals surface area contributed by atoms with Gasteiger partial charge < -0.3 is 9.88 Å². The van der Waals surface area contributed by atoms with E-state index >= 15 is 0 Å². The molecule has 1 aromatic carbocycles. The first-order valence-electron chi connectivity index (χ1n) is 6.72. The molecule has 1 aliphatic carbocycles. The van der Waals surface area contributed by atoms with Crippen molar-refractivity contribution in [3.63, 3.8) is 0 Å². The van der Waals surface area contributed by atoms with Crippen LogP contribution in [0.4, 0.5) is 5.69 Å². The van der Waals surface area contributed by atoms with E-state index < -0.39 is 0 Å². The van der Waals surface area contributed by atoms with Gasteiger partial charge in [-0.2, -0.15) is 0 Å². The van der Waals surface area contributed by atoms with Crippen LogP contribution < -0.4 is 5.32 Å². The third-order valence-electron chi connectivity index (χ3n) is 3.28. The summed E-state index contributed by atoms with van der Waals surface area (Å²) in [7, 11) is 0. The van der Waals surface area contributed by atoms with Gasteiger partial charge in [-0.3, -0.25) is 4.79 Å². The van der Waals surface area contributed by atoms with Crippen molar-refractivity contribution in [2.24, 2.45) is 0 Å². The molecule has 0 bridgehead atoms. The van der Waals surface area contributed by atoms with Crippen LogP contribution in [0.1, 0.15) is 24.4 Å². The predicted octanol–water partition coefficient (Wildman–Crippen LogP) is 3.41. The molecule has 21 heavy (non-hydrogen) atoms. The van der Waals surface area contributed by atoms with Crippen LogP contribution in [0.3, 0.4) is 0 Å². The number of aromatic nitrogens is 3. The van der Waals surface area contributed by atoms with Crippen LogP contribution in [-0.2, 0) is 4.79 Å². The van der Waals surface area contributed by atoms with Crippen LogP contribution in [-0.4, -0.2) is 26.4 Å². The summed E-state index contributed by atoms with van der Waals surface area (Å²) in [6.45, 7) is 1.97.